The number of hydrogen-bond donors (Lipinski definition) is 1. The zero-order valence-electron chi connectivity index (χ0n) is 17.7. The highest BCUT2D eigenvalue weighted by atomic mass is 16.5. The third-order valence-corrected chi connectivity index (χ3v) is 2.60. The molecule has 0 spiro atoms. The molecule has 0 aliphatic carbocycles. The van der Waals surface area contributed by atoms with Crippen molar-refractivity contribution in [3.63, 3.8) is 0 Å². The molecule has 1 aromatic heterocycles. The molecular formula is C16H14N2O3. The molecular weight excluding hydrogens is 268 g/mol. The number of rotatable bonds is 5. The van der Waals surface area contributed by atoms with Crippen molar-refractivity contribution in [1.29, 1.82) is 0 Å². The van der Waals surface area contributed by atoms with Crippen molar-refractivity contribution in [2.24, 2.45) is 0 Å². The second-order valence-corrected chi connectivity index (χ2v) is 4.03. The number of ether oxygens (including phenoxy) is 1. The van der Waals surface area contributed by atoms with E-state index in [4.69, 9.17) is 19.4 Å². The van der Waals surface area contributed by atoms with Gasteiger partial charge in [-0.1, -0.05) is 42.3 Å². The number of para-hydroxylation sites is 1. The fourth-order valence-electron chi connectivity index (χ4n) is 1.77. The number of fused-ring (bicyclic) bond motifs is 1. The molecule has 3 aromatic rings. The Morgan fingerprint density at radius 3 is 2.86 bits per heavy atom. The fraction of sp³-hybridized carbons (Fsp3) is 0.125. The minimum absolute atomic E-state index is 0.144. The highest BCUT2D eigenvalue weighted by molar-refractivity contribution is 5.85. The summed E-state index contributed by atoms with van der Waals surface area (Å²) in [7, 11) is 0. The first kappa shape index (κ1) is 7.26. The Labute approximate surface area is 131 Å². The molecule has 3 rings (SSSR count). The maximum atomic E-state index is 10.8. The maximum Gasteiger partial charge on any atom is 0.341 e. The fourth-order valence-corrected chi connectivity index (χ4v) is 1.77. The first-order valence-corrected chi connectivity index (χ1v) is 5.97. The standard InChI is InChI=1S/C16H14N2O3/c19-15(20)11-21-16-13-8-4-5-9-14(13)18(17-16)10-12-6-2-1-3-7-12/h1-9H,10-11H2,(H,19,20)/i1D,2D,3D,6D,7D,10D2. The number of carbonyl (C=O) groups is 1. The molecule has 5 nitrogen and oxygen atoms in total. The van der Waals surface area contributed by atoms with Gasteiger partial charge in [-0.25, -0.2) is 4.79 Å². The van der Waals surface area contributed by atoms with E-state index >= 15 is 0 Å². The Hall–Kier alpha value is -2.82. The van der Waals surface area contributed by atoms with Crippen molar-refractivity contribution in [2.45, 2.75) is 6.50 Å². The van der Waals surface area contributed by atoms with E-state index in [9.17, 15) is 4.79 Å². The summed E-state index contributed by atoms with van der Waals surface area (Å²) in [5.74, 6) is -1.39. The van der Waals surface area contributed by atoms with Gasteiger partial charge in [0.2, 0.25) is 5.88 Å². The lowest BCUT2D eigenvalue weighted by atomic mass is 10.2. The predicted molar refractivity (Wildman–Crippen MR) is 78.4 cm³/mol. The van der Waals surface area contributed by atoms with Crippen LogP contribution < -0.4 is 4.74 Å². The second kappa shape index (κ2) is 5.66. The van der Waals surface area contributed by atoms with E-state index in [-0.39, 0.29) is 11.4 Å². The molecule has 0 radical (unpaired) electrons. The monoisotopic (exact) mass is 289 g/mol. The smallest absolute Gasteiger partial charge is 0.341 e. The number of hydrogen-bond acceptors (Lipinski definition) is 3. The van der Waals surface area contributed by atoms with Gasteiger partial charge in [0, 0.05) is 0 Å². The van der Waals surface area contributed by atoms with Crippen molar-refractivity contribution in [2.75, 3.05) is 6.61 Å². The molecule has 2 aromatic carbocycles. The van der Waals surface area contributed by atoms with Crippen LogP contribution in [-0.2, 0) is 11.3 Å². The number of aliphatic carboxylic acids is 1. The van der Waals surface area contributed by atoms with Gasteiger partial charge in [0.05, 0.1) is 27.0 Å². The molecule has 0 atom stereocenters. The Morgan fingerprint density at radius 2 is 2.10 bits per heavy atom. The van der Waals surface area contributed by atoms with Crippen molar-refractivity contribution in [3.05, 3.63) is 60.0 Å². The van der Waals surface area contributed by atoms with E-state index in [0.717, 1.165) is 4.68 Å². The van der Waals surface area contributed by atoms with Gasteiger partial charge in [-0.2, -0.15) is 0 Å². The van der Waals surface area contributed by atoms with Gasteiger partial charge in [0.1, 0.15) is 0 Å². The summed E-state index contributed by atoms with van der Waals surface area (Å²) in [6, 6.07) is 2.92. The molecule has 0 bridgehead atoms. The first-order valence-electron chi connectivity index (χ1n) is 9.47. The zero-order valence-corrected chi connectivity index (χ0v) is 10.7. The van der Waals surface area contributed by atoms with Crippen molar-refractivity contribution in [1.82, 2.24) is 9.78 Å². The van der Waals surface area contributed by atoms with Gasteiger partial charge >= 0.3 is 5.97 Å². The molecule has 5 heteroatoms. The molecule has 0 aliphatic heterocycles. The molecule has 0 aliphatic rings. The van der Waals surface area contributed by atoms with E-state index in [1.807, 2.05) is 0 Å². The molecule has 0 amide bonds. The SMILES string of the molecule is [2H]c1c([2H])c([2H])c(C([2H])([2H])n2nc(OCC(=O)O)c3ccccc32)c([2H])c1[2H]. The summed E-state index contributed by atoms with van der Waals surface area (Å²) in [6.07, 6.45) is 0. The van der Waals surface area contributed by atoms with E-state index < -0.39 is 54.8 Å². The molecule has 0 saturated carbocycles. The molecule has 0 unspecified atom stereocenters. The van der Waals surface area contributed by atoms with E-state index in [1.165, 1.54) is 6.07 Å². The summed E-state index contributed by atoms with van der Waals surface area (Å²) >= 11 is 0. The number of nitrogens with zero attached hydrogens (tertiary/aromatic N) is 2. The molecule has 1 N–H and O–H groups in total. The largest absolute Gasteiger partial charge is 0.479 e. The first-order chi connectivity index (χ1) is 13.1. The van der Waals surface area contributed by atoms with Crippen LogP contribution in [0.25, 0.3) is 10.9 Å². The summed E-state index contributed by atoms with van der Waals surface area (Å²) in [5.41, 5.74) is -0.378. The van der Waals surface area contributed by atoms with Crippen LogP contribution in [0.4, 0.5) is 0 Å². The van der Waals surface area contributed by atoms with E-state index in [1.54, 1.807) is 18.2 Å². The van der Waals surface area contributed by atoms with Crippen molar-refractivity contribution in [3.8, 4) is 5.88 Å². The van der Waals surface area contributed by atoms with Crippen LogP contribution in [0, 0.1) is 0 Å². The summed E-state index contributed by atoms with van der Waals surface area (Å²) in [4.78, 5) is 10.8. The number of carboxylic acids is 1. The van der Waals surface area contributed by atoms with Crippen LogP contribution in [0.15, 0.2) is 54.5 Å². The minimum Gasteiger partial charge on any atom is -0.479 e. The van der Waals surface area contributed by atoms with Gasteiger partial charge < -0.3 is 9.84 Å². The average Bonchev–Trinajstić information content (AvgIpc) is 3.03. The predicted octanol–water partition coefficient (Wildman–Crippen LogP) is 2.55. The summed E-state index contributed by atoms with van der Waals surface area (Å²) < 4.78 is 62.2. The Balaban J connectivity index is 2.26. The Morgan fingerprint density at radius 1 is 1.33 bits per heavy atom. The second-order valence-electron chi connectivity index (χ2n) is 4.03. The van der Waals surface area contributed by atoms with Gasteiger partial charge in [-0.15, -0.1) is 5.10 Å². The van der Waals surface area contributed by atoms with Gasteiger partial charge in [0.15, 0.2) is 6.61 Å². The van der Waals surface area contributed by atoms with Crippen LogP contribution in [0.2, 0.25) is 0 Å². The maximum absolute atomic E-state index is 10.8. The summed E-state index contributed by atoms with van der Waals surface area (Å²) in [5, 5.41) is 13.1. The number of carboxylic acid groups (broad SMARTS) is 1. The lowest BCUT2D eigenvalue weighted by Gasteiger charge is -2.03. The average molecular weight is 289 g/mol. The van der Waals surface area contributed by atoms with Crippen LogP contribution in [-0.4, -0.2) is 27.5 Å². The Bertz CT molecular complexity index is 1070. The third-order valence-electron chi connectivity index (χ3n) is 2.60. The van der Waals surface area contributed by atoms with Crippen LogP contribution in [0.5, 0.6) is 5.88 Å². The zero-order chi connectivity index (χ0) is 20.8. The van der Waals surface area contributed by atoms with Gasteiger partial charge in [-0.3, -0.25) is 4.68 Å². The van der Waals surface area contributed by atoms with Gasteiger partial charge in [-0.05, 0) is 17.7 Å². The molecule has 0 saturated heterocycles. The molecule has 106 valence electrons. The highest BCUT2D eigenvalue weighted by Gasteiger charge is 2.12. The lowest BCUT2D eigenvalue weighted by Crippen LogP contribution is -2.10. The number of aromatic nitrogens is 2. The van der Waals surface area contributed by atoms with Crippen LogP contribution in [0.1, 0.15) is 15.2 Å². The summed E-state index contributed by atoms with van der Waals surface area (Å²) in [6.45, 7) is -3.34. The quantitative estimate of drug-likeness (QED) is 0.784. The highest BCUT2D eigenvalue weighted by Crippen LogP contribution is 2.25. The molecule has 21 heavy (non-hydrogen) atoms. The van der Waals surface area contributed by atoms with Crippen molar-refractivity contribution < 1.29 is 24.2 Å². The Kier molecular flexibility index (Phi) is 1.96. The topological polar surface area (TPSA) is 64.4 Å². The minimum atomic E-state index is -2.64. The molecule has 1 heterocycles. The van der Waals surface area contributed by atoms with Crippen LogP contribution >= 0.6 is 0 Å². The number of benzene rings is 2. The van der Waals surface area contributed by atoms with Gasteiger partial charge in [0.25, 0.3) is 0 Å². The lowest BCUT2D eigenvalue weighted by molar-refractivity contribution is -0.139. The van der Waals surface area contributed by atoms with E-state index in [0.29, 0.717) is 5.39 Å². The normalized spacial score (nSPS) is 16.1. The molecule has 0 fully saturated rings. The third kappa shape index (κ3) is 2.86. The van der Waals surface area contributed by atoms with Crippen molar-refractivity contribution >= 4 is 16.9 Å². The van der Waals surface area contributed by atoms with E-state index in [2.05, 4.69) is 5.10 Å². The van der Waals surface area contributed by atoms with Crippen LogP contribution in [0.3, 0.4) is 0 Å².